The summed E-state index contributed by atoms with van der Waals surface area (Å²) in [7, 11) is -2.01. The number of rotatable bonds is 2. The van der Waals surface area contributed by atoms with Crippen molar-refractivity contribution >= 4 is 14.3 Å². The Bertz CT molecular complexity index is 190. The SMILES string of the molecule is C[Si](C)(O)C1CCC(C(=O)O)CC1. The molecule has 0 unspecified atom stereocenters. The van der Waals surface area contributed by atoms with E-state index in [-0.39, 0.29) is 5.92 Å². The predicted molar refractivity (Wildman–Crippen MR) is 53.0 cm³/mol. The van der Waals surface area contributed by atoms with Crippen molar-refractivity contribution in [2.24, 2.45) is 5.92 Å². The van der Waals surface area contributed by atoms with E-state index >= 15 is 0 Å². The van der Waals surface area contributed by atoms with Gasteiger partial charge in [0.05, 0.1) is 5.92 Å². The molecule has 0 bridgehead atoms. The second-order valence-electron chi connectivity index (χ2n) is 4.54. The minimum atomic E-state index is -2.01. The van der Waals surface area contributed by atoms with E-state index in [2.05, 4.69) is 0 Å². The van der Waals surface area contributed by atoms with Crippen LogP contribution in [0.4, 0.5) is 0 Å². The molecular weight excluding hydrogens is 184 g/mol. The van der Waals surface area contributed by atoms with Crippen molar-refractivity contribution in [2.75, 3.05) is 0 Å². The quantitative estimate of drug-likeness (QED) is 0.672. The lowest BCUT2D eigenvalue weighted by Gasteiger charge is -2.32. The minimum absolute atomic E-state index is 0.160. The standard InChI is InChI=1S/C9H18O3Si/c1-13(2,12)8-5-3-7(4-6-8)9(10)11/h7-8,12H,3-6H2,1-2H3,(H,10,11). The maximum atomic E-state index is 10.7. The molecule has 76 valence electrons. The van der Waals surface area contributed by atoms with Gasteiger partial charge >= 0.3 is 5.97 Å². The van der Waals surface area contributed by atoms with Gasteiger partial charge in [-0.3, -0.25) is 4.79 Å². The van der Waals surface area contributed by atoms with E-state index in [9.17, 15) is 9.59 Å². The lowest BCUT2D eigenvalue weighted by molar-refractivity contribution is -0.142. The summed E-state index contributed by atoms with van der Waals surface area (Å²) in [5, 5.41) is 8.78. The summed E-state index contributed by atoms with van der Waals surface area (Å²) in [6, 6.07) is 0. The summed E-state index contributed by atoms with van der Waals surface area (Å²) in [6.45, 7) is 3.89. The molecule has 0 aliphatic heterocycles. The van der Waals surface area contributed by atoms with Crippen LogP contribution in [0.5, 0.6) is 0 Å². The average Bonchev–Trinajstić information content (AvgIpc) is 2.03. The Morgan fingerprint density at radius 3 is 2.00 bits per heavy atom. The first-order valence-corrected chi connectivity index (χ1v) is 7.89. The molecule has 0 amide bonds. The van der Waals surface area contributed by atoms with Gasteiger partial charge in [-0.15, -0.1) is 0 Å². The number of hydrogen-bond acceptors (Lipinski definition) is 2. The summed E-state index contributed by atoms with van der Waals surface area (Å²) >= 11 is 0. The van der Waals surface area contributed by atoms with Crippen molar-refractivity contribution in [1.82, 2.24) is 0 Å². The van der Waals surface area contributed by atoms with Crippen LogP contribution in [0.1, 0.15) is 25.7 Å². The second kappa shape index (κ2) is 3.80. The molecular formula is C9H18O3Si. The molecule has 13 heavy (non-hydrogen) atoms. The summed E-state index contributed by atoms with van der Waals surface area (Å²) in [4.78, 5) is 20.5. The Morgan fingerprint density at radius 2 is 1.69 bits per heavy atom. The molecule has 4 heteroatoms. The Morgan fingerprint density at radius 1 is 1.23 bits per heavy atom. The smallest absolute Gasteiger partial charge is 0.306 e. The second-order valence-corrected chi connectivity index (χ2v) is 8.66. The van der Waals surface area contributed by atoms with Crippen molar-refractivity contribution in [1.29, 1.82) is 0 Å². The van der Waals surface area contributed by atoms with E-state index in [0.717, 1.165) is 25.7 Å². The fourth-order valence-corrected chi connectivity index (χ4v) is 3.79. The van der Waals surface area contributed by atoms with Crippen LogP contribution in [-0.2, 0) is 4.79 Å². The van der Waals surface area contributed by atoms with E-state index in [0.29, 0.717) is 5.54 Å². The number of carbonyl (C=O) groups is 1. The third-order valence-corrected chi connectivity index (χ3v) is 5.65. The first kappa shape index (κ1) is 10.7. The number of carboxylic acid groups (broad SMARTS) is 1. The van der Waals surface area contributed by atoms with Gasteiger partial charge in [0, 0.05) is 0 Å². The zero-order chi connectivity index (χ0) is 10.1. The van der Waals surface area contributed by atoms with E-state index in [1.54, 1.807) is 0 Å². The van der Waals surface area contributed by atoms with Crippen LogP contribution in [0, 0.1) is 5.92 Å². The van der Waals surface area contributed by atoms with Crippen LogP contribution in [0.15, 0.2) is 0 Å². The first-order valence-electron chi connectivity index (χ1n) is 4.86. The number of aliphatic carboxylic acids is 1. The summed E-state index contributed by atoms with van der Waals surface area (Å²) in [5.74, 6) is -0.830. The fraction of sp³-hybridized carbons (Fsp3) is 0.889. The maximum Gasteiger partial charge on any atom is 0.306 e. The highest BCUT2D eigenvalue weighted by molar-refractivity contribution is 6.71. The van der Waals surface area contributed by atoms with Crippen LogP contribution in [-0.4, -0.2) is 24.2 Å². The molecule has 0 aromatic rings. The van der Waals surface area contributed by atoms with Gasteiger partial charge in [0.1, 0.15) is 0 Å². The highest BCUT2D eigenvalue weighted by atomic mass is 28.4. The van der Waals surface area contributed by atoms with Crippen molar-refractivity contribution in [3.63, 3.8) is 0 Å². The monoisotopic (exact) mass is 202 g/mol. The van der Waals surface area contributed by atoms with Gasteiger partial charge in [-0.25, -0.2) is 0 Å². The normalized spacial score (nSPS) is 30.1. The Hall–Kier alpha value is -0.353. The van der Waals surface area contributed by atoms with Crippen LogP contribution in [0.3, 0.4) is 0 Å². The third kappa shape index (κ3) is 2.81. The Kier molecular flexibility index (Phi) is 3.13. The molecule has 0 saturated heterocycles. The predicted octanol–water partition coefficient (Wildman–Crippen LogP) is 1.83. The maximum absolute atomic E-state index is 10.7. The Balaban J connectivity index is 2.44. The molecule has 2 N–H and O–H groups in total. The van der Waals surface area contributed by atoms with Crippen molar-refractivity contribution < 1.29 is 14.7 Å². The zero-order valence-corrected chi connectivity index (χ0v) is 9.29. The van der Waals surface area contributed by atoms with Gasteiger partial charge in [0.2, 0.25) is 0 Å². The van der Waals surface area contributed by atoms with Gasteiger partial charge in [0.15, 0.2) is 8.32 Å². The van der Waals surface area contributed by atoms with Crippen LogP contribution in [0.2, 0.25) is 18.6 Å². The van der Waals surface area contributed by atoms with Crippen LogP contribution in [0.25, 0.3) is 0 Å². The topological polar surface area (TPSA) is 57.5 Å². The van der Waals surface area contributed by atoms with Crippen molar-refractivity contribution in [3.8, 4) is 0 Å². The van der Waals surface area contributed by atoms with Crippen LogP contribution >= 0.6 is 0 Å². The number of carboxylic acids is 1. The third-order valence-electron chi connectivity index (χ3n) is 3.08. The summed E-state index contributed by atoms with van der Waals surface area (Å²) < 4.78 is 0. The van der Waals surface area contributed by atoms with Crippen LogP contribution < -0.4 is 0 Å². The van der Waals surface area contributed by atoms with Gasteiger partial charge in [-0.1, -0.05) is 0 Å². The van der Waals surface area contributed by atoms with E-state index < -0.39 is 14.3 Å². The molecule has 1 fully saturated rings. The van der Waals surface area contributed by atoms with Gasteiger partial charge in [-0.05, 0) is 44.3 Å². The van der Waals surface area contributed by atoms with E-state index in [1.807, 2.05) is 13.1 Å². The first-order chi connectivity index (χ1) is 5.91. The molecule has 1 rings (SSSR count). The highest BCUT2D eigenvalue weighted by Gasteiger charge is 2.35. The lowest BCUT2D eigenvalue weighted by Crippen LogP contribution is -2.35. The highest BCUT2D eigenvalue weighted by Crippen LogP contribution is 2.38. The summed E-state index contributed by atoms with van der Waals surface area (Å²) in [6.07, 6.45) is 3.29. The van der Waals surface area contributed by atoms with Gasteiger partial charge < -0.3 is 9.90 Å². The van der Waals surface area contributed by atoms with Crippen molar-refractivity contribution in [2.45, 2.75) is 44.3 Å². The fourth-order valence-electron chi connectivity index (χ4n) is 2.05. The number of hydrogen-bond donors (Lipinski definition) is 2. The molecule has 1 aliphatic rings. The molecule has 0 radical (unpaired) electrons. The molecule has 1 aliphatic carbocycles. The largest absolute Gasteiger partial charge is 0.481 e. The van der Waals surface area contributed by atoms with Gasteiger partial charge in [0.25, 0.3) is 0 Å². The molecule has 3 nitrogen and oxygen atoms in total. The molecule has 0 aromatic carbocycles. The average molecular weight is 202 g/mol. The van der Waals surface area contributed by atoms with E-state index in [1.165, 1.54) is 0 Å². The van der Waals surface area contributed by atoms with Gasteiger partial charge in [-0.2, -0.15) is 0 Å². The molecule has 0 spiro atoms. The zero-order valence-electron chi connectivity index (χ0n) is 8.29. The Labute approximate surface area is 79.9 Å². The lowest BCUT2D eigenvalue weighted by atomic mass is 9.89. The van der Waals surface area contributed by atoms with E-state index in [4.69, 9.17) is 5.11 Å². The molecule has 0 heterocycles. The van der Waals surface area contributed by atoms with Crippen molar-refractivity contribution in [3.05, 3.63) is 0 Å². The summed E-state index contributed by atoms with van der Waals surface area (Å²) in [5.41, 5.74) is 0.406. The molecule has 0 aromatic heterocycles. The molecule has 0 atom stereocenters. The minimum Gasteiger partial charge on any atom is -0.481 e. The molecule has 1 saturated carbocycles.